The maximum atomic E-state index is 13.3. The maximum Gasteiger partial charge on any atom is 0.308 e. The van der Waals surface area contributed by atoms with Crippen molar-refractivity contribution in [2.24, 2.45) is 11.8 Å². The van der Waals surface area contributed by atoms with Gasteiger partial charge in [0.1, 0.15) is 11.6 Å². The normalized spacial score (nSPS) is 18.9. The number of aliphatic hydroxyl groups is 1. The minimum Gasteiger partial charge on any atom is -0.497 e. The summed E-state index contributed by atoms with van der Waals surface area (Å²) in [6, 6.07) is 11.7. The van der Waals surface area contributed by atoms with Crippen molar-refractivity contribution in [3.05, 3.63) is 70.6 Å². The first kappa shape index (κ1) is 25.9. The van der Waals surface area contributed by atoms with Gasteiger partial charge >= 0.3 is 5.97 Å². The van der Waals surface area contributed by atoms with Crippen LogP contribution in [0.25, 0.3) is 10.9 Å². The van der Waals surface area contributed by atoms with E-state index in [1.807, 2.05) is 23.1 Å². The number of benzene rings is 2. The van der Waals surface area contributed by atoms with Gasteiger partial charge in [-0.2, -0.15) is 0 Å². The number of hydrogen-bond acceptors (Lipinski definition) is 5. The Kier molecular flexibility index (Phi) is 8.42. The molecule has 8 heteroatoms. The number of fused-ring (bicyclic) bond motifs is 1. The molecule has 2 aromatic carbocycles. The van der Waals surface area contributed by atoms with Crippen molar-refractivity contribution in [2.75, 3.05) is 26.7 Å². The largest absolute Gasteiger partial charge is 0.497 e. The molecule has 4 rings (SSSR count). The molecule has 0 aliphatic carbocycles. The Morgan fingerprint density at radius 3 is 2.89 bits per heavy atom. The zero-order chi connectivity index (χ0) is 25.7. The number of hydrogen-bond donors (Lipinski definition) is 2. The van der Waals surface area contributed by atoms with Crippen LogP contribution >= 0.6 is 11.6 Å². The summed E-state index contributed by atoms with van der Waals surface area (Å²) in [6.45, 7) is 1.53. The number of methoxy groups -OCH3 is 1. The Balaban J connectivity index is 1.37. The number of aliphatic carboxylic acids is 1. The molecule has 188 valence electrons. The van der Waals surface area contributed by atoms with Crippen molar-refractivity contribution < 1.29 is 24.1 Å². The lowest BCUT2D eigenvalue weighted by Gasteiger charge is -2.36. The zero-order valence-electron chi connectivity index (χ0n) is 20.0. The van der Waals surface area contributed by atoms with Gasteiger partial charge in [0.15, 0.2) is 0 Å². The third kappa shape index (κ3) is 6.14. The molecule has 1 aromatic heterocycles. The summed E-state index contributed by atoms with van der Waals surface area (Å²) in [4.78, 5) is 18.4. The molecule has 3 aromatic rings. The van der Waals surface area contributed by atoms with Gasteiger partial charge in [0, 0.05) is 23.7 Å². The predicted octanol–water partition coefficient (Wildman–Crippen LogP) is 4.92. The van der Waals surface area contributed by atoms with Crippen LogP contribution in [0.1, 0.15) is 36.5 Å². The van der Waals surface area contributed by atoms with Gasteiger partial charge in [-0.1, -0.05) is 23.4 Å². The van der Waals surface area contributed by atoms with Crippen molar-refractivity contribution in [2.45, 2.75) is 25.4 Å². The number of aromatic nitrogens is 1. The molecule has 0 amide bonds. The lowest BCUT2D eigenvalue weighted by Crippen LogP contribution is -2.44. The van der Waals surface area contributed by atoms with E-state index in [9.17, 15) is 19.4 Å². The summed E-state index contributed by atoms with van der Waals surface area (Å²) in [7, 11) is 1.59. The number of piperidine rings is 1. The van der Waals surface area contributed by atoms with E-state index in [-0.39, 0.29) is 10.9 Å². The van der Waals surface area contributed by atoms with Gasteiger partial charge in [0.2, 0.25) is 0 Å². The summed E-state index contributed by atoms with van der Waals surface area (Å²) in [6.07, 6.45) is 2.70. The van der Waals surface area contributed by atoms with Gasteiger partial charge in [-0.05, 0) is 79.8 Å². The van der Waals surface area contributed by atoms with Gasteiger partial charge in [0.05, 0.1) is 36.2 Å². The fraction of sp³-hybridized carbons (Fsp3) is 0.357. The van der Waals surface area contributed by atoms with E-state index >= 15 is 0 Å². The highest BCUT2D eigenvalue weighted by molar-refractivity contribution is 6.30. The van der Waals surface area contributed by atoms with E-state index < -0.39 is 23.8 Å². The fourth-order valence-electron chi connectivity index (χ4n) is 4.76. The van der Waals surface area contributed by atoms with Gasteiger partial charge < -0.3 is 14.9 Å². The Hall–Kier alpha value is -3.18. The molecule has 2 N–H and O–H groups in total. The van der Waals surface area contributed by atoms with Crippen LogP contribution in [0.2, 0.25) is 5.02 Å². The Bertz CT molecular complexity index is 1310. The van der Waals surface area contributed by atoms with Crippen LogP contribution in [0.3, 0.4) is 0 Å². The smallest absolute Gasteiger partial charge is 0.308 e. The summed E-state index contributed by atoms with van der Waals surface area (Å²) >= 11 is 5.80. The van der Waals surface area contributed by atoms with Crippen LogP contribution in [0.15, 0.2) is 48.7 Å². The average Bonchev–Trinajstić information content (AvgIpc) is 2.88. The van der Waals surface area contributed by atoms with Crippen molar-refractivity contribution in [1.29, 1.82) is 0 Å². The van der Waals surface area contributed by atoms with E-state index in [1.54, 1.807) is 25.4 Å². The van der Waals surface area contributed by atoms with Crippen LogP contribution in [-0.2, 0) is 4.79 Å². The molecular weight excluding hydrogens is 483 g/mol. The topological polar surface area (TPSA) is 82.9 Å². The first-order valence-electron chi connectivity index (χ1n) is 11.9. The third-order valence-corrected chi connectivity index (χ3v) is 7.05. The Labute approximate surface area is 214 Å². The molecule has 0 unspecified atom stereocenters. The predicted molar refractivity (Wildman–Crippen MR) is 136 cm³/mol. The van der Waals surface area contributed by atoms with Gasteiger partial charge in [-0.3, -0.25) is 14.7 Å². The molecule has 3 atom stereocenters. The van der Waals surface area contributed by atoms with Gasteiger partial charge in [0.25, 0.3) is 0 Å². The number of halogens is 2. The number of aliphatic hydroxyl groups excluding tert-OH is 1. The van der Waals surface area contributed by atoms with Crippen molar-refractivity contribution >= 4 is 28.5 Å². The minimum atomic E-state index is -0.837. The summed E-state index contributed by atoms with van der Waals surface area (Å²) in [5, 5.41) is 21.7. The van der Waals surface area contributed by atoms with Crippen LogP contribution in [0, 0.1) is 29.5 Å². The standard InChI is InChI=1S/C28H28ClFN2O4/c1-36-20-6-8-26-22(16-20)21(10-12-31-26)27(33)9-5-19-11-14-32(17-23(19)28(34)35)13-2-3-18-4-7-25(30)24(29)15-18/h4,6-8,10,12,15-16,19,23,27,33H,5,9,11,13-14,17H2,1H3,(H,34,35)/t19-,23+,27+/m1/s1. The van der Waals surface area contributed by atoms with Crippen LogP contribution in [0.4, 0.5) is 4.39 Å². The van der Waals surface area contributed by atoms with E-state index in [0.717, 1.165) is 23.0 Å². The highest BCUT2D eigenvalue weighted by atomic mass is 35.5. The van der Waals surface area contributed by atoms with Crippen molar-refractivity contribution in [1.82, 2.24) is 9.88 Å². The molecule has 1 saturated heterocycles. The molecule has 2 heterocycles. The van der Waals surface area contributed by atoms with Crippen molar-refractivity contribution in [3.8, 4) is 17.6 Å². The number of likely N-dealkylation sites (tertiary alicyclic amines) is 1. The Morgan fingerprint density at radius 1 is 1.31 bits per heavy atom. The number of carbonyl (C=O) groups is 1. The molecule has 1 aliphatic rings. The lowest BCUT2D eigenvalue weighted by molar-refractivity contribution is -0.146. The Morgan fingerprint density at radius 2 is 2.14 bits per heavy atom. The minimum absolute atomic E-state index is 0.0228. The van der Waals surface area contributed by atoms with E-state index in [2.05, 4.69) is 16.8 Å². The molecular formula is C28H28ClFN2O4. The number of carboxylic acids is 1. The number of rotatable bonds is 7. The molecule has 0 spiro atoms. The number of ether oxygens (including phenoxy) is 1. The van der Waals surface area contributed by atoms with Gasteiger partial charge in [-0.15, -0.1) is 0 Å². The zero-order valence-corrected chi connectivity index (χ0v) is 20.7. The highest BCUT2D eigenvalue weighted by Crippen LogP contribution is 2.33. The summed E-state index contributed by atoms with van der Waals surface area (Å²) < 4.78 is 18.6. The number of carboxylic acid groups (broad SMARTS) is 1. The van der Waals surface area contributed by atoms with E-state index in [4.69, 9.17) is 16.3 Å². The molecule has 6 nitrogen and oxygen atoms in total. The number of nitrogens with zero attached hydrogens (tertiary/aromatic N) is 2. The van der Waals surface area contributed by atoms with Crippen LogP contribution in [-0.4, -0.2) is 52.8 Å². The molecule has 0 radical (unpaired) electrons. The first-order valence-corrected chi connectivity index (χ1v) is 12.2. The average molecular weight is 511 g/mol. The lowest BCUT2D eigenvalue weighted by atomic mass is 9.81. The fourth-order valence-corrected chi connectivity index (χ4v) is 4.94. The van der Waals surface area contributed by atoms with Gasteiger partial charge in [-0.25, -0.2) is 4.39 Å². The second-order valence-electron chi connectivity index (χ2n) is 9.04. The molecule has 0 bridgehead atoms. The van der Waals surface area contributed by atoms with Crippen LogP contribution in [0.5, 0.6) is 5.75 Å². The second kappa shape index (κ2) is 11.7. The summed E-state index contributed by atoms with van der Waals surface area (Å²) in [5.41, 5.74) is 2.15. The molecule has 1 fully saturated rings. The molecule has 1 aliphatic heterocycles. The maximum absolute atomic E-state index is 13.3. The quantitative estimate of drug-likeness (QED) is 0.439. The SMILES string of the molecule is COc1ccc2nccc([C@@H](O)CC[C@@H]3CCN(CC#Cc4ccc(F)c(Cl)c4)C[C@@H]3C(=O)O)c2c1. The van der Waals surface area contributed by atoms with E-state index in [1.165, 1.54) is 12.1 Å². The number of pyridine rings is 1. The highest BCUT2D eigenvalue weighted by Gasteiger charge is 2.34. The monoisotopic (exact) mass is 510 g/mol. The molecule has 0 saturated carbocycles. The van der Waals surface area contributed by atoms with Crippen LogP contribution < -0.4 is 4.74 Å². The van der Waals surface area contributed by atoms with Crippen molar-refractivity contribution in [3.63, 3.8) is 0 Å². The third-order valence-electron chi connectivity index (χ3n) is 6.76. The summed E-state index contributed by atoms with van der Waals surface area (Å²) in [5.74, 6) is 4.77. The second-order valence-corrected chi connectivity index (χ2v) is 9.44. The first-order chi connectivity index (χ1) is 17.4. The molecule has 36 heavy (non-hydrogen) atoms. The van der Waals surface area contributed by atoms with E-state index in [0.29, 0.717) is 43.7 Å².